The van der Waals surface area contributed by atoms with E-state index in [9.17, 15) is 31.7 Å². The second-order valence-corrected chi connectivity index (χ2v) is 11.2. The lowest BCUT2D eigenvalue weighted by Crippen LogP contribution is -2.53. The highest BCUT2D eigenvalue weighted by molar-refractivity contribution is 7.98. The van der Waals surface area contributed by atoms with Gasteiger partial charge in [-0.15, -0.1) is 0 Å². The van der Waals surface area contributed by atoms with E-state index in [2.05, 4.69) is 0 Å². The number of nitro groups is 1. The van der Waals surface area contributed by atoms with Gasteiger partial charge >= 0.3 is 0 Å². The van der Waals surface area contributed by atoms with Crippen LogP contribution in [-0.2, 0) is 21.3 Å². The van der Waals surface area contributed by atoms with Gasteiger partial charge in [-0.3, -0.25) is 10.1 Å². The largest absolute Gasteiger partial charge is 0.328 e. The van der Waals surface area contributed by atoms with Gasteiger partial charge in [0.1, 0.15) is 16.6 Å². The molecule has 0 amide bonds. The van der Waals surface area contributed by atoms with Crippen LogP contribution in [0.15, 0.2) is 60.7 Å². The molecule has 0 aromatic heterocycles. The molecule has 0 N–H and O–H groups in total. The van der Waals surface area contributed by atoms with Crippen molar-refractivity contribution in [3.63, 3.8) is 0 Å². The normalized spacial score (nSPS) is 20.3. The predicted molar refractivity (Wildman–Crippen MR) is 135 cm³/mol. The number of sulfone groups is 1. The Hall–Kier alpha value is -3.42. The first kappa shape index (κ1) is 24.3. The zero-order valence-corrected chi connectivity index (χ0v) is 20.5. The Labute approximate surface area is 213 Å². The minimum Gasteiger partial charge on any atom is -0.328 e. The quantitative estimate of drug-likeness (QED) is 0.261. The summed E-state index contributed by atoms with van der Waals surface area (Å²) in [5.41, 5.74) is 0.142. The van der Waals surface area contributed by atoms with Gasteiger partial charge in [0.2, 0.25) is 4.87 Å². The molecule has 0 radical (unpaired) electrons. The van der Waals surface area contributed by atoms with Crippen LogP contribution in [0, 0.1) is 27.6 Å². The lowest BCUT2D eigenvalue weighted by atomic mass is 10.0. The molecule has 3 aromatic rings. The van der Waals surface area contributed by atoms with Crippen molar-refractivity contribution >= 4 is 61.3 Å². The summed E-state index contributed by atoms with van der Waals surface area (Å²) < 4.78 is 69.4. The Kier molecular flexibility index (Phi) is 5.61. The number of nitrogens with zero attached hydrogens (tertiary/aromatic N) is 3. The van der Waals surface area contributed by atoms with Gasteiger partial charge in [0, 0.05) is 41.7 Å². The van der Waals surface area contributed by atoms with Gasteiger partial charge in [0.15, 0.2) is 21.5 Å². The number of fused-ring (bicyclic) bond motifs is 2. The standard InChI is InChI=1S/C23H14F3N3O4S3/c24-14-3-1-2-13(8-14)11-27-20-7-5-16(29(30)31)9-17(20)23(22(27)35)28(21(34)12-36(23,32)33)15-4-6-18(25)19(26)10-15/h1-10H,11-12H2. The van der Waals surface area contributed by atoms with E-state index in [0.717, 1.165) is 29.2 Å². The lowest BCUT2D eigenvalue weighted by Gasteiger charge is -2.35. The summed E-state index contributed by atoms with van der Waals surface area (Å²) in [6, 6.07) is 12.0. The fourth-order valence-electron chi connectivity index (χ4n) is 4.64. The zero-order chi connectivity index (χ0) is 26.0. The summed E-state index contributed by atoms with van der Waals surface area (Å²) in [4.78, 5) is 10.9. The average molecular weight is 550 g/mol. The van der Waals surface area contributed by atoms with Gasteiger partial charge in [-0.05, 0) is 35.9 Å². The highest BCUT2D eigenvalue weighted by Crippen LogP contribution is 2.54. The summed E-state index contributed by atoms with van der Waals surface area (Å²) in [5, 5.41) is 11.6. The molecule has 36 heavy (non-hydrogen) atoms. The van der Waals surface area contributed by atoms with Crippen LogP contribution >= 0.6 is 24.4 Å². The number of non-ortho nitro benzene ring substituents is 1. The average Bonchev–Trinajstić information content (AvgIpc) is 3.18. The zero-order valence-electron chi connectivity index (χ0n) is 18.0. The van der Waals surface area contributed by atoms with Crippen LogP contribution in [0.4, 0.5) is 30.2 Å². The number of hydrogen-bond donors (Lipinski definition) is 0. The highest BCUT2D eigenvalue weighted by atomic mass is 32.2. The molecule has 0 saturated carbocycles. The minimum atomic E-state index is -4.31. The Morgan fingerprint density at radius 2 is 1.75 bits per heavy atom. The van der Waals surface area contributed by atoms with E-state index >= 15 is 0 Å². The van der Waals surface area contributed by atoms with E-state index in [1.54, 1.807) is 6.07 Å². The number of halogens is 3. The van der Waals surface area contributed by atoms with E-state index in [-0.39, 0.29) is 33.5 Å². The third-order valence-corrected chi connectivity index (χ3v) is 9.40. The molecule has 184 valence electrons. The summed E-state index contributed by atoms with van der Waals surface area (Å²) >= 11 is 11.1. The van der Waals surface area contributed by atoms with Gasteiger partial charge in [-0.25, -0.2) is 21.6 Å². The molecule has 2 aliphatic heterocycles. The van der Waals surface area contributed by atoms with Crippen LogP contribution in [-0.4, -0.2) is 29.1 Å². The van der Waals surface area contributed by atoms with Crippen molar-refractivity contribution in [1.29, 1.82) is 0 Å². The van der Waals surface area contributed by atoms with E-state index in [0.29, 0.717) is 5.56 Å². The molecular formula is C23H14F3N3O4S3. The summed E-state index contributed by atoms with van der Waals surface area (Å²) in [6.45, 7) is -0.0585. The monoisotopic (exact) mass is 549 g/mol. The maximum absolute atomic E-state index is 14.2. The number of benzene rings is 3. The van der Waals surface area contributed by atoms with Crippen molar-refractivity contribution in [1.82, 2.24) is 0 Å². The van der Waals surface area contributed by atoms with Crippen LogP contribution in [0.5, 0.6) is 0 Å². The summed E-state index contributed by atoms with van der Waals surface area (Å²) in [7, 11) is -4.31. The molecule has 1 fully saturated rings. The van der Waals surface area contributed by atoms with Gasteiger partial charge in [-0.1, -0.05) is 36.6 Å². The van der Waals surface area contributed by atoms with Gasteiger partial charge in [0.05, 0.1) is 9.91 Å². The SMILES string of the molecule is O=[N+]([O-])c1ccc2c(c1)C1(C(=S)N2Cc2cccc(F)c2)N(c2ccc(F)c(F)c2)C(=S)CS1(=O)=O. The Bertz CT molecular complexity index is 1600. The second-order valence-electron chi connectivity index (χ2n) is 8.21. The van der Waals surface area contributed by atoms with Crippen molar-refractivity contribution < 1.29 is 26.5 Å². The van der Waals surface area contributed by atoms with Crippen LogP contribution < -0.4 is 9.80 Å². The Morgan fingerprint density at radius 3 is 2.42 bits per heavy atom. The maximum Gasteiger partial charge on any atom is 0.269 e. The maximum atomic E-state index is 14.2. The van der Waals surface area contributed by atoms with E-state index < -0.39 is 48.5 Å². The Balaban J connectivity index is 1.80. The molecule has 2 aliphatic rings. The third-order valence-electron chi connectivity index (χ3n) is 6.10. The third kappa shape index (κ3) is 3.41. The molecule has 0 aliphatic carbocycles. The Morgan fingerprint density at radius 1 is 1.00 bits per heavy atom. The number of nitro benzene ring substituents is 1. The van der Waals surface area contributed by atoms with Gasteiger partial charge in [-0.2, -0.15) is 0 Å². The molecule has 13 heteroatoms. The molecule has 1 unspecified atom stereocenters. The first-order valence-corrected chi connectivity index (χ1v) is 12.8. The molecule has 1 saturated heterocycles. The van der Waals surface area contributed by atoms with Gasteiger partial charge < -0.3 is 9.80 Å². The molecule has 0 bridgehead atoms. The molecule has 1 spiro atoms. The van der Waals surface area contributed by atoms with Gasteiger partial charge in [0.25, 0.3) is 5.69 Å². The first-order chi connectivity index (χ1) is 17.0. The van der Waals surface area contributed by atoms with E-state index in [4.69, 9.17) is 24.4 Å². The van der Waals surface area contributed by atoms with Crippen LogP contribution in [0.2, 0.25) is 0 Å². The second kappa shape index (κ2) is 8.32. The fourth-order valence-corrected chi connectivity index (χ4v) is 8.18. The number of hydrogen-bond acceptors (Lipinski definition) is 6. The predicted octanol–water partition coefficient (Wildman–Crippen LogP) is 4.77. The lowest BCUT2D eigenvalue weighted by molar-refractivity contribution is -0.384. The topological polar surface area (TPSA) is 83.8 Å². The minimum absolute atomic E-state index is 0.0531. The van der Waals surface area contributed by atoms with Crippen molar-refractivity contribution in [2.24, 2.45) is 0 Å². The smallest absolute Gasteiger partial charge is 0.269 e. The molecule has 3 aromatic carbocycles. The highest BCUT2D eigenvalue weighted by Gasteiger charge is 2.66. The first-order valence-electron chi connectivity index (χ1n) is 10.3. The molecular weight excluding hydrogens is 535 g/mol. The summed E-state index contributed by atoms with van der Waals surface area (Å²) in [6.07, 6.45) is 0. The number of rotatable bonds is 4. The molecule has 7 nitrogen and oxygen atoms in total. The van der Waals surface area contributed by atoms with Crippen molar-refractivity contribution in [3.8, 4) is 0 Å². The number of anilines is 2. The van der Waals surface area contributed by atoms with Crippen molar-refractivity contribution in [3.05, 3.63) is 99.4 Å². The van der Waals surface area contributed by atoms with Crippen LogP contribution in [0.1, 0.15) is 11.1 Å². The molecule has 2 heterocycles. The van der Waals surface area contributed by atoms with Crippen molar-refractivity contribution in [2.45, 2.75) is 11.4 Å². The molecule has 1 atom stereocenters. The number of thiocarbonyl (C=S) groups is 2. The van der Waals surface area contributed by atoms with Crippen molar-refractivity contribution in [2.75, 3.05) is 15.6 Å². The summed E-state index contributed by atoms with van der Waals surface area (Å²) in [5.74, 6) is -3.57. The van der Waals surface area contributed by atoms with Crippen LogP contribution in [0.25, 0.3) is 0 Å². The fraction of sp³-hybridized carbons (Fsp3) is 0.130. The molecule has 5 rings (SSSR count). The van der Waals surface area contributed by atoms with E-state index in [1.807, 2.05) is 0 Å². The van der Waals surface area contributed by atoms with E-state index in [1.165, 1.54) is 35.2 Å². The van der Waals surface area contributed by atoms with Crippen LogP contribution in [0.3, 0.4) is 0 Å².